The van der Waals surface area contributed by atoms with Gasteiger partial charge in [-0.25, -0.2) is 0 Å². The van der Waals surface area contributed by atoms with Gasteiger partial charge in [0.05, 0.1) is 16.8 Å². The first-order chi connectivity index (χ1) is 12.7. The van der Waals surface area contributed by atoms with Crippen LogP contribution in [0.15, 0.2) is 53.5 Å². The molecule has 0 spiro atoms. The van der Waals surface area contributed by atoms with Crippen LogP contribution < -0.4 is 10.7 Å². The molecule has 7 heteroatoms. The van der Waals surface area contributed by atoms with Gasteiger partial charge < -0.3 is 9.88 Å². The molecule has 3 aromatic rings. The van der Waals surface area contributed by atoms with Crippen molar-refractivity contribution in [2.45, 2.75) is 26.6 Å². The molecule has 1 N–H and O–H groups in total. The van der Waals surface area contributed by atoms with Crippen LogP contribution in [0.2, 0.25) is 0 Å². The smallest absolute Gasteiger partial charge is 0.347 e. The molecule has 1 heterocycles. The van der Waals surface area contributed by atoms with Crippen LogP contribution in [0.3, 0.4) is 0 Å². The monoisotopic (exact) mass is 374 g/mol. The van der Waals surface area contributed by atoms with Gasteiger partial charge in [0.25, 0.3) is 5.91 Å². The van der Waals surface area contributed by atoms with Gasteiger partial charge in [-0.15, -0.1) is 0 Å². The van der Waals surface area contributed by atoms with Gasteiger partial charge in [-0.3, -0.25) is 9.59 Å². The zero-order chi connectivity index (χ0) is 19.8. The number of hydrogen-bond donors (Lipinski definition) is 1. The predicted molar refractivity (Wildman–Crippen MR) is 98.0 cm³/mol. The standard InChI is InChI=1S/C20H17F3N2O2/c1-3-25-11-14(18(26)13-10-12(2)8-9-17(13)25)19(27)24-16-7-5-4-6-15(16)20(21,22)23/h4-11H,3H2,1-2H3,(H,24,27). The Morgan fingerprint density at radius 3 is 2.52 bits per heavy atom. The normalized spacial score (nSPS) is 11.6. The summed E-state index contributed by atoms with van der Waals surface area (Å²) < 4.78 is 41.1. The maximum Gasteiger partial charge on any atom is 0.418 e. The average molecular weight is 374 g/mol. The van der Waals surface area contributed by atoms with Gasteiger partial charge in [-0.05, 0) is 38.1 Å². The van der Waals surface area contributed by atoms with Crippen molar-refractivity contribution in [3.8, 4) is 0 Å². The zero-order valence-corrected chi connectivity index (χ0v) is 14.7. The summed E-state index contributed by atoms with van der Waals surface area (Å²) in [6.07, 6.45) is -3.24. The van der Waals surface area contributed by atoms with Crippen LogP contribution in [0.25, 0.3) is 10.9 Å². The summed E-state index contributed by atoms with van der Waals surface area (Å²) in [6.45, 7) is 4.17. The van der Waals surface area contributed by atoms with Gasteiger partial charge in [-0.2, -0.15) is 13.2 Å². The van der Waals surface area contributed by atoms with Crippen LogP contribution in [0.5, 0.6) is 0 Å². The molecule has 1 aromatic heterocycles. The van der Waals surface area contributed by atoms with E-state index in [1.54, 1.807) is 16.7 Å². The van der Waals surface area contributed by atoms with Crippen molar-refractivity contribution in [1.82, 2.24) is 4.57 Å². The topological polar surface area (TPSA) is 51.1 Å². The van der Waals surface area contributed by atoms with Crippen LogP contribution in [0.1, 0.15) is 28.4 Å². The fraction of sp³-hybridized carbons (Fsp3) is 0.200. The van der Waals surface area contributed by atoms with Gasteiger partial charge in [0.15, 0.2) is 0 Å². The van der Waals surface area contributed by atoms with Gasteiger partial charge >= 0.3 is 6.18 Å². The SMILES string of the molecule is CCn1cc(C(=O)Nc2ccccc2C(F)(F)F)c(=O)c2cc(C)ccc21. The second kappa shape index (κ2) is 6.90. The molecular formula is C20H17F3N2O2. The number of fused-ring (bicyclic) bond motifs is 1. The number of rotatable bonds is 3. The molecule has 0 aliphatic carbocycles. The summed E-state index contributed by atoms with van der Waals surface area (Å²) in [5.74, 6) is -0.873. The maximum atomic E-state index is 13.1. The zero-order valence-electron chi connectivity index (χ0n) is 14.7. The number of aromatic nitrogens is 1. The Hall–Kier alpha value is -3.09. The molecule has 0 radical (unpaired) electrons. The van der Waals surface area contributed by atoms with E-state index in [1.165, 1.54) is 18.3 Å². The molecule has 2 aromatic carbocycles. The van der Waals surface area contributed by atoms with E-state index in [1.807, 2.05) is 19.9 Å². The van der Waals surface area contributed by atoms with Crippen LogP contribution >= 0.6 is 0 Å². The number of aryl methyl sites for hydroxylation is 2. The first kappa shape index (κ1) is 18.7. The fourth-order valence-corrected chi connectivity index (χ4v) is 2.96. The number of anilines is 1. The van der Waals surface area contributed by atoms with Crippen LogP contribution in [-0.4, -0.2) is 10.5 Å². The van der Waals surface area contributed by atoms with E-state index in [0.29, 0.717) is 17.4 Å². The summed E-state index contributed by atoms with van der Waals surface area (Å²) >= 11 is 0. The number of benzene rings is 2. The van der Waals surface area contributed by atoms with E-state index in [-0.39, 0.29) is 11.3 Å². The van der Waals surface area contributed by atoms with E-state index >= 15 is 0 Å². The van der Waals surface area contributed by atoms with Crippen LogP contribution in [0.4, 0.5) is 18.9 Å². The van der Waals surface area contributed by atoms with Crippen molar-refractivity contribution in [2.75, 3.05) is 5.32 Å². The molecular weight excluding hydrogens is 357 g/mol. The third-order valence-corrected chi connectivity index (χ3v) is 4.30. The van der Waals surface area contributed by atoms with Crippen LogP contribution in [-0.2, 0) is 12.7 Å². The molecule has 0 bridgehead atoms. The number of carbonyl (C=O) groups is 1. The van der Waals surface area contributed by atoms with E-state index in [2.05, 4.69) is 5.32 Å². The number of nitrogens with one attached hydrogen (secondary N) is 1. The number of alkyl halides is 3. The van der Waals surface area contributed by atoms with E-state index in [0.717, 1.165) is 17.7 Å². The molecule has 0 aliphatic heterocycles. The summed E-state index contributed by atoms with van der Waals surface area (Å²) in [6, 6.07) is 9.97. The Morgan fingerprint density at radius 1 is 1.15 bits per heavy atom. The molecule has 0 saturated heterocycles. The molecule has 27 heavy (non-hydrogen) atoms. The van der Waals surface area contributed by atoms with Crippen LogP contribution in [0, 0.1) is 6.92 Å². The van der Waals surface area contributed by atoms with Gasteiger partial charge in [0.1, 0.15) is 5.56 Å². The average Bonchev–Trinajstić information content (AvgIpc) is 2.62. The molecule has 0 saturated carbocycles. The van der Waals surface area contributed by atoms with Crippen molar-refractivity contribution >= 4 is 22.5 Å². The maximum absolute atomic E-state index is 13.1. The first-order valence-corrected chi connectivity index (χ1v) is 8.33. The molecule has 0 fully saturated rings. The number of carbonyl (C=O) groups excluding carboxylic acids is 1. The van der Waals surface area contributed by atoms with Gasteiger partial charge in [0, 0.05) is 18.1 Å². The summed E-state index contributed by atoms with van der Waals surface area (Å²) in [5, 5.41) is 2.59. The number of pyridine rings is 1. The minimum absolute atomic E-state index is 0.202. The van der Waals surface area contributed by atoms with E-state index in [4.69, 9.17) is 0 Å². The molecule has 0 aliphatic rings. The lowest BCUT2D eigenvalue weighted by atomic mass is 10.1. The second-order valence-corrected chi connectivity index (χ2v) is 6.18. The van der Waals surface area contributed by atoms with Gasteiger partial charge in [0.2, 0.25) is 5.43 Å². The lowest BCUT2D eigenvalue weighted by molar-refractivity contribution is -0.136. The fourth-order valence-electron chi connectivity index (χ4n) is 2.96. The predicted octanol–water partition coefficient (Wildman–Crippen LogP) is 4.60. The number of hydrogen-bond acceptors (Lipinski definition) is 2. The minimum atomic E-state index is -4.62. The Balaban J connectivity index is 2.10. The first-order valence-electron chi connectivity index (χ1n) is 8.33. The summed E-state index contributed by atoms with van der Waals surface area (Å²) in [7, 11) is 0. The highest BCUT2D eigenvalue weighted by atomic mass is 19.4. The summed E-state index contributed by atoms with van der Waals surface area (Å²) in [4.78, 5) is 25.4. The number of para-hydroxylation sites is 1. The molecule has 0 unspecified atom stereocenters. The lowest BCUT2D eigenvalue weighted by Crippen LogP contribution is -2.25. The van der Waals surface area contributed by atoms with Crippen molar-refractivity contribution in [2.24, 2.45) is 0 Å². The minimum Gasteiger partial charge on any atom is -0.347 e. The molecule has 1 amide bonds. The Kier molecular flexibility index (Phi) is 4.78. The van der Waals surface area contributed by atoms with Gasteiger partial charge in [-0.1, -0.05) is 23.8 Å². The Labute approximate surface area is 153 Å². The molecule has 0 atom stereocenters. The van der Waals surface area contributed by atoms with Crippen molar-refractivity contribution in [1.29, 1.82) is 0 Å². The number of amides is 1. The lowest BCUT2D eigenvalue weighted by Gasteiger charge is -2.15. The highest BCUT2D eigenvalue weighted by Crippen LogP contribution is 2.34. The summed E-state index contributed by atoms with van der Waals surface area (Å²) in [5.41, 5.74) is -0.553. The number of nitrogens with zero attached hydrogens (tertiary/aromatic N) is 1. The van der Waals surface area contributed by atoms with E-state index < -0.39 is 23.1 Å². The van der Waals surface area contributed by atoms with E-state index in [9.17, 15) is 22.8 Å². The van der Waals surface area contributed by atoms with Crippen molar-refractivity contribution in [3.63, 3.8) is 0 Å². The Morgan fingerprint density at radius 2 is 1.85 bits per heavy atom. The third kappa shape index (κ3) is 3.58. The van der Waals surface area contributed by atoms with Crippen molar-refractivity contribution in [3.05, 3.63) is 75.6 Å². The Bertz CT molecular complexity index is 1080. The molecule has 140 valence electrons. The largest absolute Gasteiger partial charge is 0.418 e. The second-order valence-electron chi connectivity index (χ2n) is 6.18. The molecule has 4 nitrogen and oxygen atoms in total. The quantitative estimate of drug-likeness (QED) is 0.728. The third-order valence-electron chi connectivity index (χ3n) is 4.30. The highest BCUT2D eigenvalue weighted by molar-refractivity contribution is 6.06. The highest BCUT2D eigenvalue weighted by Gasteiger charge is 2.33. The number of halogens is 3. The molecule has 3 rings (SSSR count). The van der Waals surface area contributed by atoms with Crippen molar-refractivity contribution < 1.29 is 18.0 Å².